The van der Waals surface area contributed by atoms with E-state index < -0.39 is 0 Å². The molecule has 70 valence electrons. The maximum absolute atomic E-state index is 11.5. The minimum absolute atomic E-state index is 0. The molecule has 0 unspecified atom stereocenters. The first-order valence-electron chi connectivity index (χ1n) is 4.43. The minimum atomic E-state index is 0. The van der Waals surface area contributed by atoms with E-state index in [9.17, 15) is 4.79 Å². The average Bonchev–Trinajstić information content (AvgIpc) is 2.50. The Balaban J connectivity index is 0.000000980. The summed E-state index contributed by atoms with van der Waals surface area (Å²) in [4.78, 5) is 11.5. The van der Waals surface area contributed by atoms with Gasteiger partial charge < -0.3 is 0 Å². The van der Waals surface area contributed by atoms with Gasteiger partial charge in [-0.3, -0.25) is 4.79 Å². The molecular weight excluding hydrogens is 398 g/mol. The summed E-state index contributed by atoms with van der Waals surface area (Å²) in [5.74, 6) is 0.268. The van der Waals surface area contributed by atoms with Gasteiger partial charge >= 0.3 is 0 Å². The molecule has 1 nitrogen and oxygen atoms in total. The Bertz CT molecular complexity index is 394. The summed E-state index contributed by atoms with van der Waals surface area (Å²) in [6.07, 6.45) is 4.38. The van der Waals surface area contributed by atoms with E-state index in [0.29, 0.717) is 6.42 Å². The Labute approximate surface area is 108 Å². The van der Waals surface area contributed by atoms with Crippen LogP contribution in [0, 0.1) is 44.1 Å². The first-order chi connectivity index (χ1) is 6.24. The smallest absolute Gasteiger partial charge is 0.150 e. The van der Waals surface area contributed by atoms with Crippen LogP contribution in [0.25, 0.3) is 0 Å². The summed E-state index contributed by atoms with van der Waals surface area (Å²) in [5.41, 5.74) is 4.12. The predicted octanol–water partition coefficient (Wildman–Crippen LogP) is 2.46. The average molecular weight is 409 g/mol. The molecule has 0 bridgehead atoms. The first-order valence-corrected chi connectivity index (χ1v) is 4.43. The van der Waals surface area contributed by atoms with Gasteiger partial charge in [0.25, 0.3) is 0 Å². The molecule has 0 atom stereocenters. The number of ketones is 1. The topological polar surface area (TPSA) is 17.1 Å². The molecule has 0 saturated heterocycles. The number of carbonyl (C=O) groups is 1. The Kier molecular flexibility index (Phi) is 3.75. The Morgan fingerprint density at radius 1 is 1.36 bits per heavy atom. The first kappa shape index (κ1) is 11.8. The van der Waals surface area contributed by atoms with E-state index in [4.69, 9.17) is 0 Å². The van der Waals surface area contributed by atoms with Crippen molar-refractivity contribution in [2.75, 3.05) is 0 Å². The zero-order valence-electron chi connectivity index (χ0n) is 8.18. The summed E-state index contributed by atoms with van der Waals surface area (Å²) in [7, 11) is 0. The maximum atomic E-state index is 11.5. The zero-order valence-corrected chi connectivity index (χ0v) is 12.3. The van der Waals surface area contributed by atoms with Gasteiger partial charge in [0.2, 0.25) is 0 Å². The van der Waals surface area contributed by atoms with Crippen molar-refractivity contribution < 1.29 is 35.9 Å². The summed E-state index contributed by atoms with van der Waals surface area (Å²) >= 11 is 0. The number of carbonyl (C=O) groups excluding carboxylic acids is 1. The van der Waals surface area contributed by atoms with Gasteiger partial charge in [-0.2, -0.15) is 24.3 Å². The van der Waals surface area contributed by atoms with Gasteiger partial charge in [-0.15, -0.1) is 11.6 Å². The second-order valence-electron chi connectivity index (χ2n) is 3.38. The third kappa shape index (κ3) is 1.74. The fraction of sp³-hybridized carbons (Fsp3) is 0.250. The molecule has 0 saturated carbocycles. The molecule has 0 N–H and O–H groups in total. The number of rotatable bonds is 1. The minimum Gasteiger partial charge on any atom is -0.295 e. The van der Waals surface area contributed by atoms with E-state index in [1.54, 1.807) is 0 Å². The molecular formula is C12H11OU-. The number of Topliss-reactive ketones (excluding diaryl/α,β-unsaturated/α-hetero) is 1. The van der Waals surface area contributed by atoms with Crippen molar-refractivity contribution in [3.05, 3.63) is 47.0 Å². The Morgan fingerprint density at radius 2 is 2.07 bits per heavy atom. The van der Waals surface area contributed by atoms with Gasteiger partial charge in [-0.1, -0.05) is 12.0 Å². The van der Waals surface area contributed by atoms with Crippen LogP contribution in [0.4, 0.5) is 0 Å². The summed E-state index contributed by atoms with van der Waals surface area (Å²) in [6, 6.07) is 3.95. The summed E-state index contributed by atoms with van der Waals surface area (Å²) in [6.45, 7) is 5.61. The molecule has 1 aliphatic rings. The van der Waals surface area contributed by atoms with Crippen LogP contribution in [-0.2, 0) is 6.42 Å². The van der Waals surface area contributed by atoms with Crippen LogP contribution in [0.15, 0.2) is 18.7 Å². The van der Waals surface area contributed by atoms with E-state index in [0.717, 1.165) is 28.7 Å². The molecule has 1 aromatic carbocycles. The van der Waals surface area contributed by atoms with Crippen molar-refractivity contribution in [2.45, 2.75) is 19.8 Å². The third-order valence-electron chi connectivity index (χ3n) is 2.59. The van der Waals surface area contributed by atoms with Crippen molar-refractivity contribution >= 4 is 5.78 Å². The van der Waals surface area contributed by atoms with Crippen molar-refractivity contribution in [1.82, 2.24) is 0 Å². The maximum Gasteiger partial charge on any atom is 0.150 e. The quantitative estimate of drug-likeness (QED) is 0.652. The molecule has 0 amide bonds. The van der Waals surface area contributed by atoms with Crippen molar-refractivity contribution in [2.24, 2.45) is 0 Å². The number of aryl methyl sites for hydroxylation is 1. The van der Waals surface area contributed by atoms with Gasteiger partial charge in [0.05, 0.1) is 0 Å². The van der Waals surface area contributed by atoms with Crippen LogP contribution in [0.1, 0.15) is 33.5 Å². The fourth-order valence-electron chi connectivity index (χ4n) is 1.94. The molecule has 0 fully saturated rings. The summed E-state index contributed by atoms with van der Waals surface area (Å²) < 4.78 is 0. The molecule has 0 aromatic heterocycles. The van der Waals surface area contributed by atoms with E-state index in [1.807, 2.05) is 19.1 Å². The summed E-state index contributed by atoms with van der Waals surface area (Å²) in [5, 5.41) is 0. The van der Waals surface area contributed by atoms with E-state index in [-0.39, 0.29) is 36.9 Å². The third-order valence-corrected chi connectivity index (χ3v) is 2.59. The molecule has 0 radical (unpaired) electrons. The second kappa shape index (κ2) is 4.47. The molecule has 0 aliphatic heterocycles. The second-order valence-corrected chi connectivity index (χ2v) is 3.38. The van der Waals surface area contributed by atoms with Crippen LogP contribution in [0.2, 0.25) is 0 Å². The van der Waals surface area contributed by atoms with Crippen LogP contribution < -0.4 is 0 Å². The molecule has 2 rings (SSSR count). The number of fused-ring (bicyclic) bond motifs is 1. The van der Waals surface area contributed by atoms with Crippen molar-refractivity contribution in [3.8, 4) is 0 Å². The van der Waals surface area contributed by atoms with Crippen LogP contribution in [0.5, 0.6) is 0 Å². The van der Waals surface area contributed by atoms with Crippen LogP contribution >= 0.6 is 0 Å². The SMILES string of the molecule is C=[C-]c1ccc(C)c2c1CCC2=O.[U]. The van der Waals surface area contributed by atoms with E-state index in [1.165, 1.54) is 0 Å². The number of hydrogen-bond acceptors (Lipinski definition) is 1. The molecule has 0 heterocycles. The van der Waals surface area contributed by atoms with Gasteiger partial charge in [-0.25, -0.2) is 0 Å². The molecule has 14 heavy (non-hydrogen) atoms. The van der Waals surface area contributed by atoms with Gasteiger partial charge in [0.15, 0.2) is 5.78 Å². The number of benzene rings is 1. The predicted molar refractivity (Wildman–Crippen MR) is 51.8 cm³/mol. The van der Waals surface area contributed by atoms with Crippen LogP contribution in [0.3, 0.4) is 0 Å². The van der Waals surface area contributed by atoms with Crippen LogP contribution in [-0.4, -0.2) is 5.78 Å². The molecule has 1 aliphatic carbocycles. The molecule has 2 heteroatoms. The Hall–Kier alpha value is -0.318. The largest absolute Gasteiger partial charge is 0.295 e. The Morgan fingerprint density at radius 3 is 2.71 bits per heavy atom. The monoisotopic (exact) mass is 409 g/mol. The van der Waals surface area contributed by atoms with Crippen molar-refractivity contribution in [1.29, 1.82) is 0 Å². The number of hydrogen-bond donors (Lipinski definition) is 0. The standard InChI is InChI=1S/C12H11O.U/c1-3-9-5-4-8(2)12-10(9)6-7-11(12)13;/h4-5H,1,6-7H2,2H3;/q-1;. The molecule has 0 spiro atoms. The fourth-order valence-corrected chi connectivity index (χ4v) is 1.94. The van der Waals surface area contributed by atoms with E-state index in [2.05, 4.69) is 12.7 Å². The van der Waals surface area contributed by atoms with Gasteiger partial charge in [0.1, 0.15) is 0 Å². The normalized spacial score (nSPS) is 13.4. The van der Waals surface area contributed by atoms with Crippen molar-refractivity contribution in [3.63, 3.8) is 0 Å². The zero-order chi connectivity index (χ0) is 9.42. The molecule has 1 aromatic rings. The van der Waals surface area contributed by atoms with Gasteiger partial charge in [0, 0.05) is 37.5 Å². The van der Waals surface area contributed by atoms with E-state index >= 15 is 0 Å². The van der Waals surface area contributed by atoms with Gasteiger partial charge in [-0.05, 0) is 12.5 Å².